The molecule has 1 heterocycles. The quantitative estimate of drug-likeness (QED) is 0.316. The normalized spacial score (nSPS) is 22.7. The molecule has 6 nitrogen and oxygen atoms in total. The van der Waals surface area contributed by atoms with Gasteiger partial charge in [-0.25, -0.2) is 4.99 Å². The minimum Gasteiger partial charge on any atom is -0.405 e. The highest BCUT2D eigenvalue weighted by atomic mass is 79.9. The van der Waals surface area contributed by atoms with Crippen LogP contribution < -0.4 is 21.1 Å². The SMILES string of the molecule is CN(C)C1=NC(N)(C2CCC(CNCCc3ccc(Br)cc3OC(F)(F)F)CC2)Nc2ccccc21.Cl.Cl. The molecule has 4 rings (SSSR count). The zero-order valence-corrected chi connectivity index (χ0v) is 24.6. The molecular weight excluding hydrogens is 606 g/mol. The van der Waals surface area contributed by atoms with Gasteiger partial charge in [0, 0.05) is 35.7 Å². The van der Waals surface area contributed by atoms with Crippen LogP contribution in [0, 0.1) is 11.8 Å². The van der Waals surface area contributed by atoms with E-state index in [2.05, 4.69) is 37.4 Å². The van der Waals surface area contributed by atoms with Gasteiger partial charge in [0.05, 0.1) is 0 Å². The van der Waals surface area contributed by atoms with Crippen molar-refractivity contribution in [2.24, 2.45) is 22.6 Å². The standard InChI is InChI=1S/C26H33BrF3N5O.2ClH/c1-35(2)24-21-5-3-4-6-22(21)33-25(31,34-24)19-10-7-17(8-11-19)16-32-14-13-18-9-12-20(27)15-23(18)36-26(28,29)30;;/h3-6,9,12,15,17,19,32-33H,7-8,10-11,13-14,16,31H2,1-2H3;2*1H. The van der Waals surface area contributed by atoms with Gasteiger partial charge in [0.1, 0.15) is 11.6 Å². The predicted molar refractivity (Wildman–Crippen MR) is 155 cm³/mol. The number of nitrogens with two attached hydrogens (primary N) is 1. The summed E-state index contributed by atoms with van der Waals surface area (Å²) in [6.45, 7) is 1.39. The van der Waals surface area contributed by atoms with Crippen molar-refractivity contribution in [3.8, 4) is 5.75 Å². The Labute approximate surface area is 242 Å². The summed E-state index contributed by atoms with van der Waals surface area (Å²) in [6.07, 6.45) is -0.308. The number of ether oxygens (including phenoxy) is 1. The Hall–Kier alpha value is -1.72. The second-order valence-electron chi connectivity index (χ2n) is 9.80. The molecule has 0 amide bonds. The number of aliphatic imine (C=N–C) groups is 1. The topological polar surface area (TPSA) is 74.9 Å². The molecule has 212 valence electrons. The fraction of sp³-hybridized carbons (Fsp3) is 0.500. The average molecular weight is 641 g/mol. The summed E-state index contributed by atoms with van der Waals surface area (Å²) < 4.78 is 42.9. The lowest BCUT2D eigenvalue weighted by atomic mass is 9.78. The molecule has 0 saturated heterocycles. The summed E-state index contributed by atoms with van der Waals surface area (Å²) in [4.78, 5) is 6.96. The van der Waals surface area contributed by atoms with E-state index in [9.17, 15) is 13.2 Å². The number of para-hydroxylation sites is 1. The summed E-state index contributed by atoms with van der Waals surface area (Å²) >= 11 is 3.21. The number of hydrogen-bond donors (Lipinski definition) is 3. The summed E-state index contributed by atoms with van der Waals surface area (Å²) in [5.41, 5.74) is 9.42. The summed E-state index contributed by atoms with van der Waals surface area (Å²) in [6, 6.07) is 12.8. The molecule has 4 N–H and O–H groups in total. The van der Waals surface area contributed by atoms with Crippen LogP contribution in [-0.2, 0) is 6.42 Å². The number of halogens is 6. The number of fused-ring (bicyclic) bond motifs is 1. The molecule has 2 aliphatic rings. The van der Waals surface area contributed by atoms with Crippen molar-refractivity contribution in [3.63, 3.8) is 0 Å². The minimum absolute atomic E-state index is 0. The lowest BCUT2D eigenvalue weighted by Gasteiger charge is -2.43. The van der Waals surface area contributed by atoms with Crippen LogP contribution in [0.4, 0.5) is 18.9 Å². The summed E-state index contributed by atoms with van der Waals surface area (Å²) in [7, 11) is 3.97. The Morgan fingerprint density at radius 2 is 1.82 bits per heavy atom. The molecule has 1 saturated carbocycles. The van der Waals surface area contributed by atoms with Gasteiger partial charge in [-0.15, -0.1) is 38.0 Å². The van der Waals surface area contributed by atoms with Crippen molar-refractivity contribution in [2.75, 3.05) is 32.5 Å². The first-order valence-corrected chi connectivity index (χ1v) is 13.0. The fourth-order valence-electron chi connectivity index (χ4n) is 5.09. The van der Waals surface area contributed by atoms with Crippen LogP contribution in [0.5, 0.6) is 5.75 Å². The van der Waals surface area contributed by atoms with Gasteiger partial charge in [0.25, 0.3) is 0 Å². The molecule has 1 aliphatic heterocycles. The molecule has 0 spiro atoms. The molecule has 0 bridgehead atoms. The number of nitrogens with zero attached hydrogens (tertiary/aromatic N) is 2. The van der Waals surface area contributed by atoms with Crippen molar-refractivity contribution >= 4 is 52.3 Å². The van der Waals surface area contributed by atoms with Crippen molar-refractivity contribution in [2.45, 2.75) is 44.3 Å². The van der Waals surface area contributed by atoms with Gasteiger partial charge in [-0.1, -0.05) is 34.1 Å². The van der Waals surface area contributed by atoms with E-state index >= 15 is 0 Å². The molecule has 1 fully saturated rings. The average Bonchev–Trinajstić information content (AvgIpc) is 2.81. The van der Waals surface area contributed by atoms with Crippen molar-refractivity contribution in [1.29, 1.82) is 0 Å². The molecule has 1 atom stereocenters. The fourth-order valence-corrected chi connectivity index (χ4v) is 5.43. The van der Waals surface area contributed by atoms with E-state index in [1.54, 1.807) is 12.1 Å². The minimum atomic E-state index is -4.71. The third-order valence-corrected chi connectivity index (χ3v) is 7.44. The Morgan fingerprint density at radius 3 is 2.47 bits per heavy atom. The number of amidine groups is 1. The maximum absolute atomic E-state index is 12.7. The van der Waals surface area contributed by atoms with Gasteiger partial charge in [-0.3, -0.25) is 5.73 Å². The maximum atomic E-state index is 12.7. The molecule has 38 heavy (non-hydrogen) atoms. The first-order valence-electron chi connectivity index (χ1n) is 12.2. The number of alkyl halides is 3. The van der Waals surface area contributed by atoms with Gasteiger partial charge >= 0.3 is 6.36 Å². The molecule has 0 radical (unpaired) electrons. The number of hydrogen-bond acceptors (Lipinski definition) is 6. The zero-order valence-electron chi connectivity index (χ0n) is 21.4. The van der Waals surface area contributed by atoms with Crippen molar-refractivity contribution in [1.82, 2.24) is 10.2 Å². The largest absolute Gasteiger partial charge is 0.573 e. The first-order chi connectivity index (χ1) is 17.0. The van der Waals surface area contributed by atoms with Crippen LogP contribution in [-0.4, -0.2) is 50.1 Å². The lowest BCUT2D eigenvalue weighted by Crippen LogP contribution is -2.56. The predicted octanol–water partition coefficient (Wildman–Crippen LogP) is 6.18. The number of anilines is 1. The highest BCUT2D eigenvalue weighted by Crippen LogP contribution is 2.39. The number of rotatable bonds is 7. The van der Waals surface area contributed by atoms with E-state index in [0.717, 1.165) is 49.3 Å². The number of nitrogens with one attached hydrogen (secondary N) is 2. The molecule has 2 aromatic carbocycles. The van der Waals surface area contributed by atoms with Crippen LogP contribution >= 0.6 is 40.7 Å². The van der Waals surface area contributed by atoms with Gasteiger partial charge in [-0.05, 0) is 80.9 Å². The van der Waals surface area contributed by atoms with E-state index in [4.69, 9.17) is 10.7 Å². The van der Waals surface area contributed by atoms with Crippen LogP contribution in [0.1, 0.15) is 36.8 Å². The van der Waals surface area contributed by atoms with Crippen LogP contribution in [0.25, 0.3) is 0 Å². The third-order valence-electron chi connectivity index (χ3n) is 6.95. The van der Waals surface area contributed by atoms with Crippen molar-refractivity contribution in [3.05, 3.63) is 58.1 Å². The Bertz CT molecular complexity index is 1100. The smallest absolute Gasteiger partial charge is 0.405 e. The Morgan fingerprint density at radius 1 is 1.13 bits per heavy atom. The highest BCUT2D eigenvalue weighted by Gasteiger charge is 2.41. The van der Waals surface area contributed by atoms with E-state index in [-0.39, 0.29) is 36.5 Å². The molecule has 1 aliphatic carbocycles. The van der Waals surface area contributed by atoms with Crippen molar-refractivity contribution < 1.29 is 17.9 Å². The van der Waals surface area contributed by atoms with Gasteiger partial charge in [0.2, 0.25) is 0 Å². The third kappa shape index (κ3) is 8.14. The van der Waals surface area contributed by atoms with Crippen LogP contribution in [0.15, 0.2) is 51.9 Å². The summed E-state index contributed by atoms with van der Waals surface area (Å²) in [5.74, 6) is 0.586. The second-order valence-corrected chi connectivity index (χ2v) is 10.7. The van der Waals surface area contributed by atoms with E-state index < -0.39 is 12.1 Å². The summed E-state index contributed by atoms with van der Waals surface area (Å²) in [5, 5.41) is 6.91. The monoisotopic (exact) mass is 639 g/mol. The molecule has 0 aromatic heterocycles. The molecule has 12 heteroatoms. The van der Waals surface area contributed by atoms with E-state index in [1.165, 1.54) is 6.07 Å². The van der Waals surface area contributed by atoms with Crippen LogP contribution in [0.3, 0.4) is 0 Å². The van der Waals surface area contributed by atoms with E-state index in [1.807, 2.05) is 37.2 Å². The van der Waals surface area contributed by atoms with Crippen LogP contribution in [0.2, 0.25) is 0 Å². The van der Waals surface area contributed by atoms with Gasteiger partial charge in [-0.2, -0.15) is 0 Å². The van der Waals surface area contributed by atoms with E-state index in [0.29, 0.717) is 28.9 Å². The zero-order chi connectivity index (χ0) is 25.9. The Balaban J connectivity index is 0.00000253. The second kappa shape index (κ2) is 13.6. The Kier molecular flexibility index (Phi) is 11.6. The van der Waals surface area contributed by atoms with Gasteiger partial charge in [0.15, 0.2) is 5.79 Å². The van der Waals surface area contributed by atoms with Gasteiger partial charge < -0.3 is 20.3 Å². The highest BCUT2D eigenvalue weighted by molar-refractivity contribution is 9.10. The lowest BCUT2D eigenvalue weighted by molar-refractivity contribution is -0.274. The molecule has 2 aromatic rings. The maximum Gasteiger partial charge on any atom is 0.573 e. The number of benzene rings is 2. The molecule has 1 unspecified atom stereocenters. The molecular formula is C26H35BrCl2F3N5O. The first kappa shape index (κ1) is 32.5.